The minimum absolute atomic E-state index is 0.128. The Kier molecular flexibility index (Phi) is 3.45. The maximum atomic E-state index is 11.6. The number of hydrogen-bond acceptors (Lipinski definition) is 4. The van der Waals surface area contributed by atoms with E-state index in [-0.39, 0.29) is 5.54 Å². The molecule has 0 atom stereocenters. The van der Waals surface area contributed by atoms with Gasteiger partial charge in [-0.25, -0.2) is 4.79 Å². The van der Waals surface area contributed by atoms with Crippen LogP contribution in [0.3, 0.4) is 0 Å². The summed E-state index contributed by atoms with van der Waals surface area (Å²) in [6, 6.07) is 5.42. The van der Waals surface area contributed by atoms with Crippen LogP contribution in [-0.4, -0.2) is 18.6 Å². The summed E-state index contributed by atoms with van der Waals surface area (Å²) in [6.07, 6.45) is 4.82. The van der Waals surface area contributed by atoms with Crippen molar-refractivity contribution >= 4 is 17.3 Å². The van der Waals surface area contributed by atoms with Gasteiger partial charge in [-0.1, -0.05) is 12.8 Å². The van der Waals surface area contributed by atoms with Crippen molar-refractivity contribution in [3.63, 3.8) is 0 Å². The minimum Gasteiger partial charge on any atom is -0.465 e. The molecule has 3 N–H and O–H groups in total. The van der Waals surface area contributed by atoms with E-state index < -0.39 is 5.97 Å². The summed E-state index contributed by atoms with van der Waals surface area (Å²) in [4.78, 5) is 11.6. The van der Waals surface area contributed by atoms with Gasteiger partial charge in [0.1, 0.15) is 0 Å². The van der Waals surface area contributed by atoms with Gasteiger partial charge in [0, 0.05) is 16.9 Å². The van der Waals surface area contributed by atoms with Crippen molar-refractivity contribution in [2.24, 2.45) is 0 Å². The zero-order chi connectivity index (χ0) is 13.2. The lowest BCUT2D eigenvalue weighted by Gasteiger charge is -2.27. The lowest BCUT2D eigenvalue weighted by molar-refractivity contribution is 0.0602. The van der Waals surface area contributed by atoms with Gasteiger partial charge in [-0.15, -0.1) is 0 Å². The molecule has 1 fully saturated rings. The van der Waals surface area contributed by atoms with Crippen LogP contribution >= 0.6 is 0 Å². The monoisotopic (exact) mass is 248 g/mol. The van der Waals surface area contributed by atoms with Crippen molar-refractivity contribution in [3.8, 4) is 0 Å². The summed E-state index contributed by atoms with van der Waals surface area (Å²) >= 11 is 0. The molecular formula is C14H20N2O2. The molecule has 0 unspecified atom stereocenters. The smallest absolute Gasteiger partial charge is 0.340 e. The molecule has 1 aromatic rings. The van der Waals surface area contributed by atoms with Crippen LogP contribution in [-0.2, 0) is 4.74 Å². The molecule has 0 saturated heterocycles. The Labute approximate surface area is 108 Å². The van der Waals surface area contributed by atoms with Crippen molar-refractivity contribution in [3.05, 3.63) is 23.8 Å². The topological polar surface area (TPSA) is 64.3 Å². The van der Waals surface area contributed by atoms with E-state index >= 15 is 0 Å². The molecule has 0 aromatic heterocycles. The molecule has 0 bridgehead atoms. The van der Waals surface area contributed by atoms with E-state index in [0.717, 1.165) is 18.5 Å². The van der Waals surface area contributed by atoms with Crippen LogP contribution in [0, 0.1) is 0 Å². The number of methoxy groups -OCH3 is 1. The summed E-state index contributed by atoms with van der Waals surface area (Å²) in [5.74, 6) is -0.396. The third-order valence-electron chi connectivity index (χ3n) is 3.61. The van der Waals surface area contributed by atoms with Gasteiger partial charge in [0.2, 0.25) is 0 Å². The molecule has 98 valence electrons. The highest BCUT2D eigenvalue weighted by Gasteiger charge is 2.28. The second kappa shape index (κ2) is 4.88. The second-order valence-corrected chi connectivity index (χ2v) is 5.19. The van der Waals surface area contributed by atoms with Gasteiger partial charge in [-0.2, -0.15) is 0 Å². The highest BCUT2D eigenvalue weighted by molar-refractivity contribution is 5.96. The summed E-state index contributed by atoms with van der Waals surface area (Å²) in [5, 5.41) is 3.50. The third kappa shape index (κ3) is 2.58. The Bertz CT molecular complexity index is 451. The van der Waals surface area contributed by atoms with Crippen LogP contribution in [0.4, 0.5) is 11.4 Å². The fraction of sp³-hybridized carbons (Fsp3) is 0.500. The van der Waals surface area contributed by atoms with Crippen molar-refractivity contribution in [1.82, 2.24) is 0 Å². The van der Waals surface area contributed by atoms with Crippen molar-refractivity contribution in [2.45, 2.75) is 38.1 Å². The number of carbonyl (C=O) groups excluding carboxylic acids is 1. The molecule has 1 aliphatic rings. The predicted octanol–water partition coefficient (Wildman–Crippen LogP) is 2.80. The van der Waals surface area contributed by atoms with Gasteiger partial charge in [0.15, 0.2) is 0 Å². The number of hydrogen-bond donors (Lipinski definition) is 2. The molecule has 0 spiro atoms. The van der Waals surface area contributed by atoms with E-state index in [0.29, 0.717) is 11.3 Å². The number of nitrogen functional groups attached to an aromatic ring is 1. The van der Waals surface area contributed by atoms with E-state index in [1.54, 1.807) is 12.1 Å². The average molecular weight is 248 g/mol. The van der Waals surface area contributed by atoms with Gasteiger partial charge in [0.05, 0.1) is 12.7 Å². The molecule has 1 aliphatic carbocycles. The number of carbonyl (C=O) groups is 1. The fourth-order valence-electron chi connectivity index (χ4n) is 2.55. The van der Waals surface area contributed by atoms with E-state index in [2.05, 4.69) is 12.2 Å². The molecule has 4 heteroatoms. The van der Waals surface area contributed by atoms with Crippen molar-refractivity contribution in [1.29, 1.82) is 0 Å². The van der Waals surface area contributed by atoms with Gasteiger partial charge in [-0.05, 0) is 38.0 Å². The number of nitrogens with one attached hydrogen (secondary N) is 1. The molecule has 0 amide bonds. The normalized spacial score (nSPS) is 17.4. The number of esters is 1. The highest BCUT2D eigenvalue weighted by Crippen LogP contribution is 2.33. The van der Waals surface area contributed by atoms with Gasteiger partial charge in [0.25, 0.3) is 0 Å². The van der Waals surface area contributed by atoms with Gasteiger partial charge < -0.3 is 15.8 Å². The number of benzene rings is 1. The molecule has 4 nitrogen and oxygen atoms in total. The predicted molar refractivity (Wildman–Crippen MR) is 72.7 cm³/mol. The Morgan fingerprint density at radius 1 is 1.39 bits per heavy atom. The summed E-state index contributed by atoms with van der Waals surface area (Å²) in [5.41, 5.74) is 7.70. The summed E-state index contributed by atoms with van der Waals surface area (Å²) in [7, 11) is 1.36. The van der Waals surface area contributed by atoms with Gasteiger partial charge in [-0.3, -0.25) is 0 Å². The molecule has 1 aromatic carbocycles. The molecule has 0 heterocycles. The van der Waals surface area contributed by atoms with Crippen LogP contribution < -0.4 is 11.1 Å². The van der Waals surface area contributed by atoms with Crippen molar-refractivity contribution in [2.75, 3.05) is 18.2 Å². The number of rotatable bonds is 3. The fourth-order valence-corrected chi connectivity index (χ4v) is 2.55. The standard InChI is InChI=1S/C14H20N2O2/c1-14(7-3-4-8-14)16-10-5-6-12(15)11(9-10)13(17)18-2/h5-6,9,16H,3-4,7-8,15H2,1-2H3. The summed E-state index contributed by atoms with van der Waals surface area (Å²) < 4.78 is 4.72. The molecule has 1 saturated carbocycles. The molecule has 2 rings (SSSR count). The first-order valence-corrected chi connectivity index (χ1v) is 6.30. The highest BCUT2D eigenvalue weighted by atomic mass is 16.5. The lowest BCUT2D eigenvalue weighted by Crippen LogP contribution is -2.30. The summed E-state index contributed by atoms with van der Waals surface area (Å²) in [6.45, 7) is 2.22. The largest absolute Gasteiger partial charge is 0.465 e. The van der Waals surface area contributed by atoms with E-state index in [1.807, 2.05) is 6.07 Å². The Morgan fingerprint density at radius 2 is 2.06 bits per heavy atom. The first-order chi connectivity index (χ1) is 8.54. The minimum atomic E-state index is -0.396. The Balaban J connectivity index is 2.21. The SMILES string of the molecule is COC(=O)c1cc(NC2(C)CCCC2)ccc1N. The van der Waals surface area contributed by atoms with Crippen LogP contribution in [0.25, 0.3) is 0 Å². The maximum Gasteiger partial charge on any atom is 0.340 e. The first-order valence-electron chi connectivity index (χ1n) is 6.30. The maximum absolute atomic E-state index is 11.6. The second-order valence-electron chi connectivity index (χ2n) is 5.19. The quantitative estimate of drug-likeness (QED) is 0.637. The molecule has 18 heavy (non-hydrogen) atoms. The van der Waals surface area contributed by atoms with Crippen LogP contribution in [0.15, 0.2) is 18.2 Å². The van der Waals surface area contributed by atoms with E-state index in [9.17, 15) is 4.79 Å². The van der Waals surface area contributed by atoms with Crippen LogP contribution in [0.1, 0.15) is 43.0 Å². The van der Waals surface area contributed by atoms with E-state index in [1.165, 1.54) is 20.0 Å². The molecule has 0 radical (unpaired) electrons. The number of ether oxygens (including phenoxy) is 1. The molecule has 0 aliphatic heterocycles. The Morgan fingerprint density at radius 3 is 2.67 bits per heavy atom. The number of anilines is 2. The average Bonchev–Trinajstić information content (AvgIpc) is 2.77. The lowest BCUT2D eigenvalue weighted by atomic mass is 10.00. The van der Waals surface area contributed by atoms with Gasteiger partial charge >= 0.3 is 5.97 Å². The van der Waals surface area contributed by atoms with E-state index in [4.69, 9.17) is 10.5 Å². The van der Waals surface area contributed by atoms with Crippen LogP contribution in [0.5, 0.6) is 0 Å². The number of nitrogens with two attached hydrogens (primary N) is 1. The zero-order valence-corrected chi connectivity index (χ0v) is 11.0. The van der Waals surface area contributed by atoms with Crippen molar-refractivity contribution < 1.29 is 9.53 Å². The third-order valence-corrected chi connectivity index (χ3v) is 3.61. The van der Waals surface area contributed by atoms with Crippen LogP contribution in [0.2, 0.25) is 0 Å². The zero-order valence-electron chi connectivity index (χ0n) is 11.0. The first kappa shape index (κ1) is 12.7. The Hall–Kier alpha value is -1.71. The molecular weight excluding hydrogens is 228 g/mol.